The van der Waals surface area contributed by atoms with Gasteiger partial charge in [0.05, 0.1) is 11.8 Å². The minimum atomic E-state index is -0.758. The highest BCUT2D eigenvalue weighted by molar-refractivity contribution is 7.22. The fourth-order valence-corrected chi connectivity index (χ4v) is 4.35. The van der Waals surface area contributed by atoms with Crippen LogP contribution in [0.1, 0.15) is 17.0 Å². The van der Waals surface area contributed by atoms with E-state index in [1.807, 2.05) is 31.1 Å². The molecule has 0 radical (unpaired) electrons. The molecule has 6 nitrogen and oxygen atoms in total. The summed E-state index contributed by atoms with van der Waals surface area (Å²) in [4.78, 5) is 21.1. The number of hydrogen-bond acceptors (Lipinski definition) is 6. The smallest absolute Gasteiger partial charge is 0.295 e. The van der Waals surface area contributed by atoms with Crippen LogP contribution in [0.4, 0.5) is 13.9 Å². The molecule has 0 aliphatic carbocycles. The van der Waals surface area contributed by atoms with Crippen LogP contribution in [0.2, 0.25) is 0 Å². The Labute approximate surface area is 181 Å². The molecule has 0 bridgehead atoms. The minimum absolute atomic E-state index is 0.0399. The second-order valence-corrected chi connectivity index (χ2v) is 8.34. The molecule has 9 heteroatoms. The molecule has 0 saturated heterocycles. The summed E-state index contributed by atoms with van der Waals surface area (Å²) in [5.41, 5.74) is 0.511. The molecule has 2 aromatic carbocycles. The number of fused-ring (bicyclic) bond motifs is 2. The number of methoxy groups -OCH3 is 1. The molecule has 0 spiro atoms. The van der Waals surface area contributed by atoms with Crippen LogP contribution in [0.25, 0.3) is 21.2 Å². The Morgan fingerprint density at radius 3 is 2.74 bits per heavy atom. The molecular formula is C22H21F2N3O3S. The number of nitrogens with zero attached hydrogens (tertiary/aromatic N) is 3. The Kier molecular flexibility index (Phi) is 5.88. The maximum atomic E-state index is 14.2. The first-order valence-corrected chi connectivity index (χ1v) is 10.5. The Hall–Kier alpha value is -3.04. The van der Waals surface area contributed by atoms with Gasteiger partial charge in [-0.25, -0.2) is 13.8 Å². The fraction of sp³-hybridized carbons (Fsp3) is 0.273. The van der Waals surface area contributed by atoms with Crippen LogP contribution < -0.4 is 9.64 Å². The largest absolute Gasteiger partial charge is 0.493 e. The zero-order valence-corrected chi connectivity index (χ0v) is 18.1. The number of carbonyl (C=O) groups excluding carboxylic acids is 1. The van der Waals surface area contributed by atoms with E-state index < -0.39 is 17.5 Å². The highest BCUT2D eigenvalue weighted by Gasteiger charge is 2.25. The fourth-order valence-electron chi connectivity index (χ4n) is 3.33. The topological polar surface area (TPSA) is 58.8 Å². The van der Waals surface area contributed by atoms with Gasteiger partial charge in [-0.15, -0.1) is 0 Å². The number of ether oxygens (including phenoxy) is 1. The van der Waals surface area contributed by atoms with Gasteiger partial charge in [-0.1, -0.05) is 23.5 Å². The molecular weight excluding hydrogens is 424 g/mol. The summed E-state index contributed by atoms with van der Waals surface area (Å²) < 4.78 is 39.3. The molecule has 2 heterocycles. The summed E-state index contributed by atoms with van der Waals surface area (Å²) >= 11 is 1.06. The summed E-state index contributed by atoms with van der Waals surface area (Å²) in [5.74, 6) is -1.21. The summed E-state index contributed by atoms with van der Waals surface area (Å²) in [7, 11) is 5.40. The van der Waals surface area contributed by atoms with Crippen molar-refractivity contribution in [2.45, 2.75) is 6.42 Å². The molecule has 0 saturated carbocycles. The SMILES string of the molecule is COc1cccc2cc(C(=O)N(CCCN(C)C)c3nc4c(F)cc(F)cc4s3)oc12. The minimum Gasteiger partial charge on any atom is -0.493 e. The number of carbonyl (C=O) groups is 1. The van der Waals surface area contributed by atoms with E-state index in [0.717, 1.165) is 29.3 Å². The van der Waals surface area contributed by atoms with Crippen LogP contribution in [0.5, 0.6) is 5.75 Å². The number of anilines is 1. The number of rotatable bonds is 7. The number of amides is 1. The van der Waals surface area contributed by atoms with Gasteiger partial charge >= 0.3 is 0 Å². The first-order valence-electron chi connectivity index (χ1n) is 9.66. The molecule has 0 unspecified atom stereocenters. The molecule has 31 heavy (non-hydrogen) atoms. The Morgan fingerprint density at radius 2 is 2.00 bits per heavy atom. The van der Waals surface area contributed by atoms with Crippen LogP contribution in [-0.4, -0.2) is 50.1 Å². The number of benzene rings is 2. The maximum absolute atomic E-state index is 14.2. The molecule has 0 N–H and O–H groups in total. The molecule has 0 aliphatic rings. The summed E-state index contributed by atoms with van der Waals surface area (Å²) in [6, 6.07) is 9.03. The van der Waals surface area contributed by atoms with E-state index in [9.17, 15) is 13.6 Å². The molecule has 162 valence electrons. The quantitative estimate of drug-likeness (QED) is 0.404. The van der Waals surface area contributed by atoms with Crippen LogP contribution in [0.3, 0.4) is 0 Å². The van der Waals surface area contributed by atoms with Crippen LogP contribution in [0.15, 0.2) is 40.8 Å². The lowest BCUT2D eigenvalue weighted by Crippen LogP contribution is -2.33. The highest BCUT2D eigenvalue weighted by atomic mass is 32.1. The van der Waals surface area contributed by atoms with Crippen molar-refractivity contribution in [1.82, 2.24) is 9.88 Å². The number of hydrogen-bond donors (Lipinski definition) is 0. The van der Waals surface area contributed by atoms with Gasteiger partial charge in [0.1, 0.15) is 11.3 Å². The highest BCUT2D eigenvalue weighted by Crippen LogP contribution is 2.34. The monoisotopic (exact) mass is 445 g/mol. The molecule has 4 rings (SSSR count). The van der Waals surface area contributed by atoms with Gasteiger partial charge in [0.15, 0.2) is 28.0 Å². The molecule has 2 aromatic heterocycles. The number of halogens is 2. The Bertz CT molecular complexity index is 1250. The first kappa shape index (κ1) is 21.2. The standard InChI is InChI=1S/C22H21F2N3O3S/c1-26(2)8-5-9-27(22-25-19-15(24)11-14(23)12-18(19)31-22)21(28)17-10-13-6-4-7-16(29-3)20(13)30-17/h4,6-7,10-12H,5,8-9H2,1-3H3. The van der Waals surface area contributed by atoms with Crippen LogP contribution in [-0.2, 0) is 0 Å². The summed E-state index contributed by atoms with van der Waals surface area (Å²) in [5, 5.41) is 1.02. The lowest BCUT2D eigenvalue weighted by atomic mass is 10.2. The molecule has 0 fully saturated rings. The average molecular weight is 445 g/mol. The van der Waals surface area contributed by atoms with E-state index in [4.69, 9.17) is 9.15 Å². The van der Waals surface area contributed by atoms with Crippen molar-refractivity contribution in [1.29, 1.82) is 0 Å². The lowest BCUT2D eigenvalue weighted by molar-refractivity contribution is 0.0961. The first-order chi connectivity index (χ1) is 14.9. The van der Waals surface area contributed by atoms with Gasteiger partial charge in [-0.3, -0.25) is 9.69 Å². The number of para-hydroxylation sites is 1. The molecule has 0 atom stereocenters. The second kappa shape index (κ2) is 8.60. The summed E-state index contributed by atoms with van der Waals surface area (Å²) in [6.45, 7) is 1.08. The molecule has 1 amide bonds. The van der Waals surface area contributed by atoms with Gasteiger partial charge in [-0.05, 0) is 45.3 Å². The Morgan fingerprint density at radius 1 is 1.19 bits per heavy atom. The number of furan rings is 1. The van der Waals surface area contributed by atoms with Gasteiger partial charge in [0.25, 0.3) is 5.91 Å². The normalized spacial score (nSPS) is 11.5. The van der Waals surface area contributed by atoms with Crippen LogP contribution in [0, 0.1) is 11.6 Å². The van der Waals surface area contributed by atoms with Crippen LogP contribution >= 0.6 is 11.3 Å². The number of thiazole rings is 1. The van der Waals surface area contributed by atoms with E-state index >= 15 is 0 Å². The Balaban J connectivity index is 1.74. The van der Waals surface area contributed by atoms with Gasteiger partial charge in [0.2, 0.25) is 0 Å². The van der Waals surface area contributed by atoms with Crippen molar-refractivity contribution in [2.75, 3.05) is 39.2 Å². The van der Waals surface area contributed by atoms with Crippen molar-refractivity contribution < 1.29 is 22.7 Å². The van der Waals surface area contributed by atoms with E-state index in [1.165, 1.54) is 18.1 Å². The molecule has 0 aliphatic heterocycles. The third-order valence-corrected chi connectivity index (χ3v) is 5.83. The number of aromatic nitrogens is 1. The van der Waals surface area contributed by atoms with Crippen molar-refractivity contribution in [2.24, 2.45) is 0 Å². The van der Waals surface area contributed by atoms with Crippen molar-refractivity contribution in [3.05, 3.63) is 53.8 Å². The summed E-state index contributed by atoms with van der Waals surface area (Å²) in [6.07, 6.45) is 0.662. The van der Waals surface area contributed by atoms with Gasteiger partial charge < -0.3 is 14.1 Å². The van der Waals surface area contributed by atoms with E-state index in [0.29, 0.717) is 29.0 Å². The van der Waals surface area contributed by atoms with E-state index in [2.05, 4.69) is 4.98 Å². The van der Waals surface area contributed by atoms with Gasteiger partial charge in [0, 0.05) is 18.0 Å². The van der Waals surface area contributed by atoms with Crippen molar-refractivity contribution in [3.8, 4) is 5.75 Å². The van der Waals surface area contributed by atoms with Crippen molar-refractivity contribution in [3.63, 3.8) is 0 Å². The zero-order valence-electron chi connectivity index (χ0n) is 17.3. The van der Waals surface area contributed by atoms with E-state index in [-0.39, 0.29) is 16.4 Å². The average Bonchev–Trinajstić information content (AvgIpc) is 3.34. The lowest BCUT2D eigenvalue weighted by Gasteiger charge is -2.19. The molecule has 4 aromatic rings. The van der Waals surface area contributed by atoms with E-state index in [1.54, 1.807) is 12.1 Å². The predicted octanol–water partition coefficient (Wildman–Crippen LogP) is 4.93. The third kappa shape index (κ3) is 4.24. The third-order valence-electron chi connectivity index (χ3n) is 4.80. The maximum Gasteiger partial charge on any atom is 0.295 e. The predicted molar refractivity (Wildman–Crippen MR) is 117 cm³/mol. The van der Waals surface area contributed by atoms with Crippen molar-refractivity contribution >= 4 is 43.6 Å². The second-order valence-electron chi connectivity index (χ2n) is 7.33. The van der Waals surface area contributed by atoms with Gasteiger partial charge in [-0.2, -0.15) is 0 Å². The zero-order chi connectivity index (χ0) is 22.1.